The minimum absolute atomic E-state index is 0.246. The van der Waals surface area contributed by atoms with E-state index < -0.39 is 0 Å². The summed E-state index contributed by atoms with van der Waals surface area (Å²) in [5.41, 5.74) is 2.10. The van der Waals surface area contributed by atoms with Gasteiger partial charge in [0.05, 0.1) is 6.61 Å². The van der Waals surface area contributed by atoms with E-state index in [0.717, 1.165) is 10.9 Å². The molecule has 0 amide bonds. The maximum absolute atomic E-state index is 11.4. The lowest BCUT2D eigenvalue weighted by Gasteiger charge is -2.09. The maximum atomic E-state index is 11.4. The zero-order valence-corrected chi connectivity index (χ0v) is 11.5. The van der Waals surface area contributed by atoms with Crippen LogP contribution in [0.5, 0.6) is 0 Å². The van der Waals surface area contributed by atoms with Crippen LogP contribution in [-0.2, 0) is 14.9 Å². The van der Waals surface area contributed by atoms with Crippen molar-refractivity contribution in [1.29, 1.82) is 0 Å². The van der Waals surface area contributed by atoms with Gasteiger partial charge in [-0.1, -0.05) is 56.1 Å². The molecule has 0 radical (unpaired) electrons. The number of carbonyl (C=O) groups is 1. The van der Waals surface area contributed by atoms with Gasteiger partial charge in [0.25, 0.3) is 0 Å². The molecule has 4 heteroatoms. The van der Waals surface area contributed by atoms with E-state index in [1.165, 1.54) is 5.56 Å². The van der Waals surface area contributed by atoms with Crippen LogP contribution < -0.4 is 0 Å². The summed E-state index contributed by atoms with van der Waals surface area (Å²) in [6.07, 6.45) is 0. The number of hydrogen-bond donors (Lipinski definition) is 0. The van der Waals surface area contributed by atoms with Crippen molar-refractivity contribution in [3.8, 4) is 0 Å². The lowest BCUT2D eigenvalue weighted by Crippen LogP contribution is -2.10. The van der Waals surface area contributed by atoms with Crippen LogP contribution in [0.4, 0.5) is 0 Å². The van der Waals surface area contributed by atoms with Gasteiger partial charge < -0.3 is 4.74 Å². The van der Waals surface area contributed by atoms with E-state index in [2.05, 4.69) is 31.9 Å². The molecule has 0 bridgehead atoms. The molecule has 1 atom stereocenters. The molecule has 82 valence electrons. The second-order valence-electron chi connectivity index (χ2n) is 2.99. The highest BCUT2D eigenvalue weighted by Gasteiger charge is 2.17. The first-order valence-electron chi connectivity index (χ1n) is 4.64. The van der Waals surface area contributed by atoms with E-state index in [9.17, 15) is 4.79 Å². The Bertz CT molecular complexity index is 322. The number of halogens is 2. The molecule has 1 unspecified atom stereocenters. The zero-order valence-electron chi connectivity index (χ0n) is 8.37. The average Bonchev–Trinajstić information content (AvgIpc) is 2.28. The van der Waals surface area contributed by atoms with Crippen molar-refractivity contribution in [2.45, 2.75) is 17.1 Å². The summed E-state index contributed by atoms with van der Waals surface area (Å²) in [5.74, 6) is -0.246. The summed E-state index contributed by atoms with van der Waals surface area (Å²) in [5, 5.41) is 0.819. The van der Waals surface area contributed by atoms with Crippen LogP contribution in [0.15, 0.2) is 24.3 Å². The Kier molecular flexibility index (Phi) is 5.32. The lowest BCUT2D eigenvalue weighted by atomic mass is 10.1. The van der Waals surface area contributed by atoms with Gasteiger partial charge >= 0.3 is 5.97 Å². The number of rotatable bonds is 4. The van der Waals surface area contributed by atoms with Crippen molar-refractivity contribution < 1.29 is 9.53 Å². The molecule has 1 aromatic carbocycles. The Morgan fingerprint density at radius 1 is 1.40 bits per heavy atom. The summed E-state index contributed by atoms with van der Waals surface area (Å²) in [7, 11) is 0. The first-order chi connectivity index (χ1) is 7.19. The summed E-state index contributed by atoms with van der Waals surface area (Å²) in [4.78, 5) is 11.0. The van der Waals surface area contributed by atoms with Gasteiger partial charge in [-0.3, -0.25) is 4.79 Å². The predicted molar refractivity (Wildman–Crippen MR) is 67.4 cm³/mol. The fraction of sp³-hybridized carbons (Fsp3) is 0.364. The molecule has 1 rings (SSSR count). The maximum Gasteiger partial charge on any atom is 0.324 e. The molecule has 0 saturated heterocycles. The Morgan fingerprint density at radius 2 is 2.00 bits per heavy atom. The molecule has 15 heavy (non-hydrogen) atoms. The Labute approximate surface area is 106 Å². The Morgan fingerprint density at radius 3 is 2.47 bits per heavy atom. The molecular weight excluding hydrogens is 324 g/mol. The summed E-state index contributed by atoms with van der Waals surface area (Å²) in [6.45, 7) is 2.20. The molecule has 0 heterocycles. The van der Waals surface area contributed by atoms with Crippen LogP contribution >= 0.6 is 31.9 Å². The fourth-order valence-electron chi connectivity index (χ4n) is 1.13. The highest BCUT2D eigenvalue weighted by Crippen LogP contribution is 2.24. The molecule has 0 fully saturated rings. The van der Waals surface area contributed by atoms with Crippen molar-refractivity contribution in [2.75, 3.05) is 6.61 Å². The Hall–Kier alpha value is -0.350. The molecule has 0 aliphatic carbocycles. The highest BCUT2D eigenvalue weighted by molar-refractivity contribution is 9.09. The van der Waals surface area contributed by atoms with Crippen LogP contribution in [0.1, 0.15) is 22.9 Å². The van der Waals surface area contributed by atoms with Gasteiger partial charge in [0.15, 0.2) is 0 Å². The topological polar surface area (TPSA) is 26.3 Å². The number of esters is 1. The van der Waals surface area contributed by atoms with Crippen LogP contribution in [0, 0.1) is 0 Å². The fourth-order valence-corrected chi connectivity index (χ4v) is 1.94. The lowest BCUT2D eigenvalue weighted by molar-refractivity contribution is -0.142. The highest BCUT2D eigenvalue weighted by atomic mass is 79.9. The van der Waals surface area contributed by atoms with Crippen molar-refractivity contribution in [2.24, 2.45) is 0 Å². The summed E-state index contributed by atoms with van der Waals surface area (Å²) >= 11 is 6.68. The van der Waals surface area contributed by atoms with Crippen LogP contribution in [0.2, 0.25) is 0 Å². The summed E-state index contributed by atoms with van der Waals surface area (Å²) in [6, 6.07) is 7.81. The van der Waals surface area contributed by atoms with Crippen LogP contribution in [-0.4, -0.2) is 12.6 Å². The number of benzene rings is 1. The van der Waals surface area contributed by atoms with Gasteiger partial charge in [0.1, 0.15) is 4.83 Å². The van der Waals surface area contributed by atoms with E-state index in [4.69, 9.17) is 4.74 Å². The van der Waals surface area contributed by atoms with E-state index >= 15 is 0 Å². The third kappa shape index (κ3) is 3.61. The van der Waals surface area contributed by atoms with Crippen LogP contribution in [0.3, 0.4) is 0 Å². The monoisotopic (exact) mass is 334 g/mol. The molecule has 0 spiro atoms. The molecule has 0 aliphatic heterocycles. The SMILES string of the molecule is CCOC(=O)C(Br)c1ccc(CBr)cc1. The minimum atomic E-state index is -0.373. The quantitative estimate of drug-likeness (QED) is 0.621. The second-order valence-corrected chi connectivity index (χ2v) is 4.47. The molecular formula is C11H12Br2O2. The minimum Gasteiger partial charge on any atom is -0.465 e. The van der Waals surface area contributed by atoms with E-state index in [-0.39, 0.29) is 10.8 Å². The number of carbonyl (C=O) groups excluding carboxylic acids is 1. The van der Waals surface area contributed by atoms with E-state index in [1.807, 2.05) is 24.3 Å². The number of hydrogen-bond acceptors (Lipinski definition) is 2. The second kappa shape index (κ2) is 6.28. The third-order valence-electron chi connectivity index (χ3n) is 1.92. The first-order valence-corrected chi connectivity index (χ1v) is 6.68. The predicted octanol–water partition coefficient (Wildman–Crippen LogP) is 3.58. The van der Waals surface area contributed by atoms with Gasteiger partial charge in [-0.25, -0.2) is 0 Å². The molecule has 1 aromatic rings. The van der Waals surface area contributed by atoms with Gasteiger partial charge in [0.2, 0.25) is 0 Å². The Balaban J connectivity index is 2.73. The largest absolute Gasteiger partial charge is 0.465 e. The van der Waals surface area contributed by atoms with Crippen LogP contribution in [0.25, 0.3) is 0 Å². The molecule has 2 nitrogen and oxygen atoms in total. The van der Waals surface area contributed by atoms with Gasteiger partial charge in [-0.05, 0) is 18.1 Å². The third-order valence-corrected chi connectivity index (χ3v) is 3.47. The van der Waals surface area contributed by atoms with Crippen molar-refractivity contribution in [3.63, 3.8) is 0 Å². The molecule has 0 aliphatic rings. The number of alkyl halides is 2. The van der Waals surface area contributed by atoms with Gasteiger partial charge in [-0.15, -0.1) is 0 Å². The van der Waals surface area contributed by atoms with Gasteiger partial charge in [-0.2, -0.15) is 0 Å². The van der Waals surface area contributed by atoms with Crippen molar-refractivity contribution in [1.82, 2.24) is 0 Å². The molecule has 0 aromatic heterocycles. The van der Waals surface area contributed by atoms with Crippen molar-refractivity contribution in [3.05, 3.63) is 35.4 Å². The number of ether oxygens (including phenoxy) is 1. The van der Waals surface area contributed by atoms with Gasteiger partial charge in [0, 0.05) is 5.33 Å². The summed E-state index contributed by atoms with van der Waals surface area (Å²) < 4.78 is 4.92. The van der Waals surface area contributed by atoms with E-state index in [1.54, 1.807) is 6.92 Å². The van der Waals surface area contributed by atoms with E-state index in [0.29, 0.717) is 6.61 Å². The smallest absolute Gasteiger partial charge is 0.324 e. The molecule has 0 saturated carbocycles. The normalized spacial score (nSPS) is 12.2. The standard InChI is InChI=1S/C11H12Br2O2/c1-2-15-11(14)10(13)9-5-3-8(7-12)4-6-9/h3-6,10H,2,7H2,1H3. The average molecular weight is 336 g/mol. The molecule has 0 N–H and O–H groups in total. The zero-order chi connectivity index (χ0) is 11.3. The van der Waals surface area contributed by atoms with Crippen molar-refractivity contribution >= 4 is 37.8 Å². The first kappa shape index (κ1) is 12.7.